The lowest BCUT2D eigenvalue weighted by Gasteiger charge is -2.03. The third kappa shape index (κ3) is 2.35. The average Bonchev–Trinajstić information content (AvgIpc) is 2.39. The summed E-state index contributed by atoms with van der Waals surface area (Å²) in [7, 11) is 0. The Hall–Kier alpha value is -1.89. The van der Waals surface area contributed by atoms with Gasteiger partial charge >= 0.3 is 0 Å². The number of halogens is 1. The van der Waals surface area contributed by atoms with Gasteiger partial charge in [0, 0.05) is 0 Å². The standard InChI is InChI=1S/C15H11F.C2H6/c1-10-2-3-11-8-14-9-15(16)5-4-12(14)7-13(11)6-10;1-2/h2-9H,1H3;1-2H3. The van der Waals surface area contributed by atoms with Gasteiger partial charge in [0.25, 0.3) is 0 Å². The molecule has 0 fully saturated rings. The smallest absolute Gasteiger partial charge is 0.123 e. The van der Waals surface area contributed by atoms with Gasteiger partial charge in [-0.2, -0.15) is 0 Å². The Labute approximate surface area is 107 Å². The number of benzene rings is 3. The maximum absolute atomic E-state index is 13.1. The predicted octanol–water partition coefficient (Wildman–Crippen LogP) is 5.47. The summed E-state index contributed by atoms with van der Waals surface area (Å²) in [6.07, 6.45) is 0. The molecule has 0 spiro atoms. The molecule has 3 rings (SSSR count). The Morgan fingerprint density at radius 1 is 0.667 bits per heavy atom. The Morgan fingerprint density at radius 3 is 1.89 bits per heavy atom. The van der Waals surface area contributed by atoms with Gasteiger partial charge in [-0.25, -0.2) is 4.39 Å². The molecule has 92 valence electrons. The van der Waals surface area contributed by atoms with Gasteiger partial charge in [0.2, 0.25) is 0 Å². The third-order valence-electron chi connectivity index (χ3n) is 2.91. The fourth-order valence-corrected chi connectivity index (χ4v) is 2.09. The van der Waals surface area contributed by atoms with E-state index in [9.17, 15) is 4.39 Å². The second kappa shape index (κ2) is 5.18. The van der Waals surface area contributed by atoms with Crippen LogP contribution in [0.3, 0.4) is 0 Å². The van der Waals surface area contributed by atoms with Gasteiger partial charge in [0.1, 0.15) is 5.82 Å². The van der Waals surface area contributed by atoms with Crippen LogP contribution in [0.2, 0.25) is 0 Å². The molecule has 0 radical (unpaired) electrons. The summed E-state index contributed by atoms with van der Waals surface area (Å²) in [5, 5.41) is 4.40. The van der Waals surface area contributed by atoms with Crippen molar-refractivity contribution in [3.63, 3.8) is 0 Å². The van der Waals surface area contributed by atoms with Crippen LogP contribution in [-0.4, -0.2) is 0 Å². The van der Waals surface area contributed by atoms with Crippen LogP contribution in [0.25, 0.3) is 21.5 Å². The molecule has 0 aliphatic carbocycles. The average molecular weight is 240 g/mol. The zero-order valence-corrected chi connectivity index (χ0v) is 11.0. The van der Waals surface area contributed by atoms with Crippen LogP contribution in [0.1, 0.15) is 19.4 Å². The fraction of sp³-hybridized carbons (Fsp3) is 0.176. The maximum atomic E-state index is 13.1. The molecular formula is C17H17F. The lowest BCUT2D eigenvalue weighted by Crippen LogP contribution is -1.79. The van der Waals surface area contributed by atoms with Crippen molar-refractivity contribution in [1.82, 2.24) is 0 Å². The summed E-state index contributed by atoms with van der Waals surface area (Å²) < 4.78 is 13.1. The molecule has 0 nitrogen and oxygen atoms in total. The van der Waals surface area contributed by atoms with Gasteiger partial charge in [-0.1, -0.05) is 43.7 Å². The van der Waals surface area contributed by atoms with Crippen LogP contribution < -0.4 is 0 Å². The normalized spacial score (nSPS) is 10.2. The molecule has 0 aliphatic heterocycles. The van der Waals surface area contributed by atoms with E-state index < -0.39 is 0 Å². The predicted molar refractivity (Wildman–Crippen MR) is 77.5 cm³/mol. The van der Waals surface area contributed by atoms with Gasteiger partial charge < -0.3 is 0 Å². The number of fused-ring (bicyclic) bond motifs is 2. The fourth-order valence-electron chi connectivity index (χ4n) is 2.09. The second-order valence-electron chi connectivity index (χ2n) is 4.19. The lowest BCUT2D eigenvalue weighted by molar-refractivity contribution is 0.630. The molecule has 0 aromatic heterocycles. The van der Waals surface area contributed by atoms with Crippen LogP contribution in [-0.2, 0) is 0 Å². The van der Waals surface area contributed by atoms with Crippen molar-refractivity contribution in [2.24, 2.45) is 0 Å². The zero-order valence-electron chi connectivity index (χ0n) is 11.0. The van der Waals surface area contributed by atoms with Crippen LogP contribution >= 0.6 is 0 Å². The van der Waals surface area contributed by atoms with E-state index in [0.717, 1.165) is 16.2 Å². The Bertz CT molecular complexity index is 622. The van der Waals surface area contributed by atoms with Crippen molar-refractivity contribution >= 4 is 21.5 Å². The SMILES string of the molecule is CC.Cc1ccc2cc3cc(F)ccc3cc2c1. The van der Waals surface area contributed by atoms with Crippen LogP contribution in [0, 0.1) is 12.7 Å². The molecule has 0 saturated heterocycles. The Morgan fingerprint density at radius 2 is 1.22 bits per heavy atom. The molecular weight excluding hydrogens is 223 g/mol. The number of hydrogen-bond donors (Lipinski definition) is 0. The number of aryl methyl sites for hydroxylation is 1. The number of hydrogen-bond acceptors (Lipinski definition) is 0. The van der Waals surface area contributed by atoms with Crippen LogP contribution in [0.5, 0.6) is 0 Å². The molecule has 0 N–H and O–H groups in total. The summed E-state index contributed by atoms with van der Waals surface area (Å²) in [6.45, 7) is 6.08. The summed E-state index contributed by atoms with van der Waals surface area (Å²) in [5.74, 6) is -0.182. The van der Waals surface area contributed by atoms with Crippen molar-refractivity contribution in [3.05, 3.63) is 59.9 Å². The quantitative estimate of drug-likeness (QED) is 0.457. The molecule has 3 aromatic rings. The summed E-state index contributed by atoms with van der Waals surface area (Å²) in [6, 6.07) is 15.4. The molecule has 0 amide bonds. The van der Waals surface area contributed by atoms with E-state index in [1.807, 2.05) is 26.0 Å². The second-order valence-corrected chi connectivity index (χ2v) is 4.19. The molecule has 18 heavy (non-hydrogen) atoms. The zero-order chi connectivity index (χ0) is 13.1. The highest BCUT2D eigenvalue weighted by Gasteiger charge is 1.99. The van der Waals surface area contributed by atoms with Gasteiger partial charge in [0.15, 0.2) is 0 Å². The highest BCUT2D eigenvalue weighted by Crippen LogP contribution is 2.24. The van der Waals surface area contributed by atoms with E-state index in [4.69, 9.17) is 0 Å². The van der Waals surface area contributed by atoms with Crippen LogP contribution in [0.15, 0.2) is 48.5 Å². The summed E-state index contributed by atoms with van der Waals surface area (Å²) in [5.41, 5.74) is 1.24. The highest BCUT2D eigenvalue weighted by molar-refractivity contribution is 5.98. The molecule has 0 atom stereocenters. The monoisotopic (exact) mass is 240 g/mol. The minimum absolute atomic E-state index is 0.182. The maximum Gasteiger partial charge on any atom is 0.123 e. The van der Waals surface area contributed by atoms with Gasteiger partial charge in [-0.05, 0) is 52.7 Å². The lowest BCUT2D eigenvalue weighted by atomic mass is 10.0. The molecule has 0 unspecified atom stereocenters. The van der Waals surface area contributed by atoms with E-state index >= 15 is 0 Å². The Kier molecular flexibility index (Phi) is 3.61. The van der Waals surface area contributed by atoms with Crippen molar-refractivity contribution in [2.45, 2.75) is 20.8 Å². The van der Waals surface area contributed by atoms with Gasteiger partial charge in [-0.15, -0.1) is 0 Å². The first-order chi connectivity index (χ1) is 8.72. The van der Waals surface area contributed by atoms with Crippen molar-refractivity contribution in [2.75, 3.05) is 0 Å². The third-order valence-corrected chi connectivity index (χ3v) is 2.91. The topological polar surface area (TPSA) is 0 Å². The van der Waals surface area contributed by atoms with Crippen molar-refractivity contribution in [3.8, 4) is 0 Å². The molecule has 0 aliphatic rings. The summed E-state index contributed by atoms with van der Waals surface area (Å²) in [4.78, 5) is 0. The summed E-state index contributed by atoms with van der Waals surface area (Å²) >= 11 is 0. The minimum atomic E-state index is -0.182. The first kappa shape index (κ1) is 12.6. The largest absolute Gasteiger partial charge is 0.207 e. The van der Waals surface area contributed by atoms with E-state index in [1.165, 1.54) is 17.0 Å². The van der Waals surface area contributed by atoms with Gasteiger partial charge in [0.05, 0.1) is 0 Å². The van der Waals surface area contributed by atoms with E-state index in [2.05, 4.69) is 31.2 Å². The molecule has 0 bridgehead atoms. The molecule has 0 heterocycles. The Balaban J connectivity index is 0.000000574. The number of rotatable bonds is 0. The minimum Gasteiger partial charge on any atom is -0.207 e. The highest BCUT2D eigenvalue weighted by atomic mass is 19.1. The van der Waals surface area contributed by atoms with Gasteiger partial charge in [-0.3, -0.25) is 0 Å². The van der Waals surface area contributed by atoms with Crippen molar-refractivity contribution < 1.29 is 4.39 Å². The first-order valence-electron chi connectivity index (χ1n) is 6.32. The first-order valence-corrected chi connectivity index (χ1v) is 6.32. The van der Waals surface area contributed by atoms with E-state index in [0.29, 0.717) is 0 Å². The van der Waals surface area contributed by atoms with E-state index in [1.54, 1.807) is 6.07 Å². The van der Waals surface area contributed by atoms with Crippen LogP contribution in [0.4, 0.5) is 4.39 Å². The molecule has 0 saturated carbocycles. The molecule has 1 heteroatoms. The van der Waals surface area contributed by atoms with E-state index in [-0.39, 0.29) is 5.82 Å². The molecule has 3 aromatic carbocycles. The van der Waals surface area contributed by atoms with Crippen molar-refractivity contribution in [1.29, 1.82) is 0 Å².